The first-order valence-electron chi connectivity index (χ1n) is 4.66. The molecule has 0 aliphatic heterocycles. The zero-order valence-electron chi connectivity index (χ0n) is 8.66. The summed E-state index contributed by atoms with van der Waals surface area (Å²) in [5.41, 5.74) is 6.87. The number of thiocyanates is 1. The van der Waals surface area contributed by atoms with Crippen LogP contribution in [0.1, 0.15) is 5.56 Å². The molecule has 0 unspecified atom stereocenters. The predicted octanol–water partition coefficient (Wildman–Crippen LogP) is 1.90. The van der Waals surface area contributed by atoms with Crippen LogP contribution in [-0.2, 0) is 0 Å². The van der Waals surface area contributed by atoms with Gasteiger partial charge in [0.2, 0.25) is 0 Å². The van der Waals surface area contributed by atoms with Crippen molar-refractivity contribution in [2.45, 2.75) is 4.90 Å². The molecule has 0 spiro atoms. The average Bonchev–Trinajstić information content (AvgIpc) is 2.72. The predicted molar refractivity (Wildman–Crippen MR) is 64.2 cm³/mol. The largest absolute Gasteiger partial charge is 0.382 e. The Balaban J connectivity index is 2.38. The molecular weight excluding hydrogens is 234 g/mol. The van der Waals surface area contributed by atoms with Crippen molar-refractivity contribution >= 4 is 17.6 Å². The van der Waals surface area contributed by atoms with E-state index in [-0.39, 0.29) is 0 Å². The minimum atomic E-state index is 0.313. The monoisotopic (exact) mass is 241 g/mol. The maximum absolute atomic E-state index is 8.77. The molecule has 1 heterocycles. The van der Waals surface area contributed by atoms with Crippen molar-refractivity contribution in [3.05, 3.63) is 36.0 Å². The van der Waals surface area contributed by atoms with Gasteiger partial charge in [0.1, 0.15) is 22.9 Å². The van der Waals surface area contributed by atoms with E-state index in [0.717, 1.165) is 22.3 Å². The van der Waals surface area contributed by atoms with E-state index in [1.54, 1.807) is 24.3 Å². The van der Waals surface area contributed by atoms with Gasteiger partial charge in [0, 0.05) is 4.90 Å². The highest BCUT2D eigenvalue weighted by molar-refractivity contribution is 8.03. The summed E-state index contributed by atoms with van der Waals surface area (Å²) < 4.78 is 1.49. The highest BCUT2D eigenvalue weighted by Crippen LogP contribution is 2.21. The second-order valence-electron chi connectivity index (χ2n) is 3.15. The van der Waals surface area contributed by atoms with E-state index >= 15 is 0 Å². The van der Waals surface area contributed by atoms with Crippen molar-refractivity contribution in [1.29, 1.82) is 10.5 Å². The van der Waals surface area contributed by atoms with Gasteiger partial charge in [0.15, 0.2) is 0 Å². The number of nitrogens with zero attached hydrogens (tertiary/aromatic N) is 4. The number of thioether (sulfide) groups is 1. The SMILES string of the molecule is N#CSc1ccc(-n2ncc(C#N)c2N)cc1. The summed E-state index contributed by atoms with van der Waals surface area (Å²) in [5, 5.41) is 23.3. The number of nitrogens with two attached hydrogens (primary N) is 1. The van der Waals surface area contributed by atoms with Crippen LogP contribution in [0.2, 0.25) is 0 Å². The van der Waals surface area contributed by atoms with Crippen molar-refractivity contribution in [3.63, 3.8) is 0 Å². The second-order valence-corrected chi connectivity index (χ2v) is 4.01. The van der Waals surface area contributed by atoms with Crippen LogP contribution in [0.25, 0.3) is 5.69 Å². The first-order valence-corrected chi connectivity index (χ1v) is 5.48. The zero-order chi connectivity index (χ0) is 12.3. The third kappa shape index (κ3) is 2.07. The van der Waals surface area contributed by atoms with Crippen LogP contribution in [0.15, 0.2) is 35.4 Å². The third-order valence-electron chi connectivity index (χ3n) is 2.17. The highest BCUT2D eigenvalue weighted by Gasteiger charge is 2.08. The summed E-state index contributed by atoms with van der Waals surface area (Å²) in [6.07, 6.45) is 1.42. The van der Waals surface area contributed by atoms with Gasteiger partial charge in [0.05, 0.1) is 11.9 Å². The van der Waals surface area contributed by atoms with Crippen molar-refractivity contribution in [3.8, 4) is 17.2 Å². The van der Waals surface area contributed by atoms with Gasteiger partial charge >= 0.3 is 0 Å². The molecule has 0 amide bonds. The number of rotatable bonds is 2. The standard InChI is InChI=1S/C11H7N5S/c12-5-8-6-15-16(11(8)14)9-1-3-10(4-2-9)17-7-13/h1-4,6H,14H2. The molecule has 82 valence electrons. The third-order valence-corrected chi connectivity index (χ3v) is 2.77. The molecule has 2 aromatic rings. The van der Waals surface area contributed by atoms with Crippen LogP contribution in [-0.4, -0.2) is 9.78 Å². The number of anilines is 1. The van der Waals surface area contributed by atoms with Crippen molar-refractivity contribution in [1.82, 2.24) is 9.78 Å². The van der Waals surface area contributed by atoms with Crippen LogP contribution < -0.4 is 5.73 Å². The fraction of sp³-hybridized carbons (Fsp3) is 0. The Bertz CT molecular complexity index is 615. The summed E-state index contributed by atoms with van der Waals surface area (Å²) in [6.45, 7) is 0. The summed E-state index contributed by atoms with van der Waals surface area (Å²) in [6, 6.07) is 9.16. The van der Waals surface area contributed by atoms with E-state index < -0.39 is 0 Å². The van der Waals surface area contributed by atoms with Crippen LogP contribution in [0.3, 0.4) is 0 Å². The quantitative estimate of drug-likeness (QED) is 0.640. The van der Waals surface area contributed by atoms with E-state index in [1.165, 1.54) is 10.9 Å². The van der Waals surface area contributed by atoms with Crippen molar-refractivity contribution in [2.75, 3.05) is 5.73 Å². The Morgan fingerprint density at radius 3 is 2.47 bits per heavy atom. The second kappa shape index (κ2) is 4.60. The minimum absolute atomic E-state index is 0.313. The minimum Gasteiger partial charge on any atom is -0.382 e. The number of benzene rings is 1. The van der Waals surface area contributed by atoms with Gasteiger partial charge in [-0.15, -0.1) is 0 Å². The van der Waals surface area contributed by atoms with Gasteiger partial charge < -0.3 is 5.73 Å². The van der Waals surface area contributed by atoms with E-state index in [4.69, 9.17) is 16.3 Å². The topological polar surface area (TPSA) is 91.4 Å². The molecule has 6 heteroatoms. The number of aromatic nitrogens is 2. The molecule has 1 aromatic carbocycles. The Morgan fingerprint density at radius 2 is 1.94 bits per heavy atom. The fourth-order valence-electron chi connectivity index (χ4n) is 1.36. The van der Waals surface area contributed by atoms with E-state index in [2.05, 4.69) is 5.10 Å². The van der Waals surface area contributed by atoms with Gasteiger partial charge in [0.25, 0.3) is 0 Å². The molecule has 2 N–H and O–H groups in total. The van der Waals surface area contributed by atoms with E-state index in [9.17, 15) is 0 Å². The lowest BCUT2D eigenvalue weighted by atomic mass is 10.3. The molecule has 0 saturated heterocycles. The number of hydrogen-bond acceptors (Lipinski definition) is 5. The average molecular weight is 241 g/mol. The van der Waals surface area contributed by atoms with Crippen LogP contribution in [0.5, 0.6) is 0 Å². The highest BCUT2D eigenvalue weighted by atomic mass is 32.2. The van der Waals surface area contributed by atoms with Gasteiger partial charge in [-0.2, -0.15) is 15.6 Å². The van der Waals surface area contributed by atoms with E-state index in [1.807, 2.05) is 11.5 Å². The number of nitrogen functional groups attached to an aromatic ring is 1. The molecule has 0 fully saturated rings. The maximum atomic E-state index is 8.77. The lowest BCUT2D eigenvalue weighted by Crippen LogP contribution is -2.02. The lowest BCUT2D eigenvalue weighted by molar-refractivity contribution is 0.890. The first-order chi connectivity index (χ1) is 8.26. The summed E-state index contributed by atoms with van der Waals surface area (Å²) in [7, 11) is 0. The van der Waals surface area contributed by atoms with Gasteiger partial charge in [-0.25, -0.2) is 4.68 Å². The molecule has 17 heavy (non-hydrogen) atoms. The first kappa shape index (κ1) is 11.1. The summed E-state index contributed by atoms with van der Waals surface area (Å²) in [5.74, 6) is 0.313. The summed E-state index contributed by atoms with van der Waals surface area (Å²) >= 11 is 1.09. The van der Waals surface area contributed by atoms with Crippen LogP contribution in [0, 0.1) is 22.0 Å². The number of hydrogen-bond donors (Lipinski definition) is 1. The van der Waals surface area contributed by atoms with Crippen molar-refractivity contribution < 1.29 is 0 Å². The Hall–Kier alpha value is -2.44. The molecule has 0 aliphatic rings. The van der Waals surface area contributed by atoms with Crippen LogP contribution in [0.4, 0.5) is 5.82 Å². The van der Waals surface area contributed by atoms with Gasteiger partial charge in [-0.1, -0.05) is 0 Å². The molecule has 0 aliphatic carbocycles. The Labute approximate surface area is 102 Å². The van der Waals surface area contributed by atoms with E-state index in [0.29, 0.717) is 11.4 Å². The molecule has 0 radical (unpaired) electrons. The van der Waals surface area contributed by atoms with Gasteiger partial charge in [-0.3, -0.25) is 0 Å². The molecule has 2 rings (SSSR count). The smallest absolute Gasteiger partial charge is 0.145 e. The normalized spacial score (nSPS) is 9.53. The molecule has 0 atom stereocenters. The fourth-order valence-corrected chi connectivity index (χ4v) is 1.74. The van der Waals surface area contributed by atoms with Gasteiger partial charge in [-0.05, 0) is 36.0 Å². The molecular formula is C11H7N5S. The van der Waals surface area contributed by atoms with Crippen molar-refractivity contribution in [2.24, 2.45) is 0 Å². The maximum Gasteiger partial charge on any atom is 0.145 e. The Kier molecular flexibility index (Phi) is 2.99. The zero-order valence-corrected chi connectivity index (χ0v) is 9.48. The van der Waals surface area contributed by atoms with Crippen LogP contribution >= 0.6 is 11.8 Å². The number of nitriles is 2. The molecule has 5 nitrogen and oxygen atoms in total. The Morgan fingerprint density at radius 1 is 1.24 bits per heavy atom. The molecule has 1 aromatic heterocycles. The molecule has 0 bridgehead atoms. The molecule has 0 saturated carbocycles. The lowest BCUT2D eigenvalue weighted by Gasteiger charge is -2.04. The summed E-state index contributed by atoms with van der Waals surface area (Å²) in [4.78, 5) is 0.850.